The van der Waals surface area contributed by atoms with E-state index in [4.69, 9.17) is 0 Å². The van der Waals surface area contributed by atoms with E-state index >= 15 is 0 Å². The van der Waals surface area contributed by atoms with Crippen molar-refractivity contribution in [3.05, 3.63) is 63.1 Å². The Morgan fingerprint density at radius 3 is 2.67 bits per heavy atom. The summed E-state index contributed by atoms with van der Waals surface area (Å²) in [4.78, 5) is 61.0. The fraction of sp³-hybridized carbons (Fsp3) is 0.333. The summed E-state index contributed by atoms with van der Waals surface area (Å²) in [5.41, 5.74) is -0.0165. The Bertz CT molecular complexity index is 1240. The lowest BCUT2D eigenvalue weighted by molar-refractivity contribution is -0.148. The van der Waals surface area contributed by atoms with Crippen LogP contribution in [-0.4, -0.2) is 44.4 Å². The number of carbonyl (C=O) groups is 4. The summed E-state index contributed by atoms with van der Waals surface area (Å²) >= 11 is 0. The first kappa shape index (κ1) is 22.2. The number of hydrogen-bond acceptors (Lipinski definition) is 6. The van der Waals surface area contributed by atoms with Crippen molar-refractivity contribution in [2.75, 3.05) is 0 Å². The number of hydrogen-bond donors (Lipinski definition) is 2. The number of benzene rings is 1. The van der Waals surface area contributed by atoms with E-state index in [2.05, 4.69) is 15.7 Å². The molecule has 172 valence electrons. The number of nitrogens with zero attached hydrogens (tertiary/aromatic N) is 3. The second-order valence-corrected chi connectivity index (χ2v) is 7.83. The van der Waals surface area contributed by atoms with Gasteiger partial charge < -0.3 is 10.2 Å². The zero-order valence-corrected chi connectivity index (χ0v) is 17.4. The smallest absolute Gasteiger partial charge is 0.346 e. The third kappa shape index (κ3) is 4.11. The van der Waals surface area contributed by atoms with E-state index in [1.807, 2.05) is 0 Å². The molecule has 4 amide bonds. The predicted octanol–water partition coefficient (Wildman–Crippen LogP) is -0.0505. The van der Waals surface area contributed by atoms with Crippen LogP contribution in [-0.2, 0) is 40.4 Å². The summed E-state index contributed by atoms with van der Waals surface area (Å²) in [5, 5.41) is 7.80. The van der Waals surface area contributed by atoms with E-state index in [0.717, 1.165) is 12.1 Å². The molecule has 4 rings (SSSR count). The third-order valence-electron chi connectivity index (χ3n) is 5.61. The summed E-state index contributed by atoms with van der Waals surface area (Å²) in [6.45, 7) is -0.111. The highest BCUT2D eigenvalue weighted by molar-refractivity contribution is 6.05. The topological polar surface area (TPSA) is 130 Å². The van der Waals surface area contributed by atoms with E-state index < -0.39 is 35.0 Å². The minimum absolute atomic E-state index is 0.125. The summed E-state index contributed by atoms with van der Waals surface area (Å²) in [5.74, 6) is -6.82. The summed E-state index contributed by atoms with van der Waals surface area (Å²) in [7, 11) is 1.20. The molecule has 33 heavy (non-hydrogen) atoms. The van der Waals surface area contributed by atoms with Crippen molar-refractivity contribution in [1.82, 2.24) is 25.3 Å². The summed E-state index contributed by atoms with van der Waals surface area (Å²) < 4.78 is 29.6. The third-order valence-corrected chi connectivity index (χ3v) is 5.61. The Kier molecular flexibility index (Phi) is 5.52. The lowest BCUT2D eigenvalue weighted by atomic mass is 10.0. The van der Waals surface area contributed by atoms with Gasteiger partial charge in [-0.1, -0.05) is 12.1 Å². The van der Waals surface area contributed by atoms with Crippen molar-refractivity contribution in [3.8, 4) is 0 Å². The van der Waals surface area contributed by atoms with Gasteiger partial charge in [0.25, 0.3) is 17.4 Å². The lowest BCUT2D eigenvalue weighted by Gasteiger charge is -2.29. The molecule has 1 aromatic heterocycles. The number of halogens is 2. The minimum atomic E-state index is -3.96. The fourth-order valence-electron chi connectivity index (χ4n) is 3.82. The molecule has 2 aliphatic rings. The molecule has 1 saturated heterocycles. The largest absolute Gasteiger partial charge is 0.367 e. The molecule has 1 atom stereocenters. The zero-order valence-electron chi connectivity index (χ0n) is 17.4. The zero-order chi connectivity index (χ0) is 23.9. The van der Waals surface area contributed by atoms with Gasteiger partial charge in [0.1, 0.15) is 11.7 Å². The SMILES string of the molecule is Cn1nc(C(F)(F)C(=O)NCc2ccc3c(c2)CN(C2CCC(=O)NC2=O)C3=O)ccc1=O. The number of rotatable bonds is 5. The van der Waals surface area contributed by atoms with Gasteiger partial charge >= 0.3 is 5.92 Å². The van der Waals surface area contributed by atoms with Gasteiger partial charge in [0, 0.05) is 38.2 Å². The van der Waals surface area contributed by atoms with Gasteiger partial charge in [0.05, 0.1) is 0 Å². The number of imide groups is 1. The highest BCUT2D eigenvalue weighted by atomic mass is 19.3. The van der Waals surface area contributed by atoms with Crippen molar-refractivity contribution >= 4 is 23.6 Å². The number of alkyl halides is 2. The van der Waals surface area contributed by atoms with Crippen LogP contribution in [0.15, 0.2) is 35.1 Å². The van der Waals surface area contributed by atoms with Gasteiger partial charge in [-0.05, 0) is 29.7 Å². The van der Waals surface area contributed by atoms with Gasteiger partial charge in [0.15, 0.2) is 0 Å². The average Bonchev–Trinajstić information content (AvgIpc) is 3.09. The van der Waals surface area contributed by atoms with Crippen LogP contribution < -0.4 is 16.2 Å². The van der Waals surface area contributed by atoms with Crippen LogP contribution in [0.25, 0.3) is 0 Å². The number of aromatic nitrogens is 2. The number of aryl methyl sites for hydroxylation is 1. The van der Waals surface area contributed by atoms with Crippen molar-refractivity contribution < 1.29 is 28.0 Å². The molecule has 0 radical (unpaired) electrons. The second-order valence-electron chi connectivity index (χ2n) is 7.83. The van der Waals surface area contributed by atoms with Crippen molar-refractivity contribution in [2.24, 2.45) is 7.05 Å². The number of amides is 4. The van der Waals surface area contributed by atoms with Crippen LogP contribution >= 0.6 is 0 Å². The maximum atomic E-state index is 14.5. The first-order valence-corrected chi connectivity index (χ1v) is 10.1. The molecule has 2 aromatic rings. The molecule has 3 heterocycles. The Balaban J connectivity index is 1.44. The van der Waals surface area contributed by atoms with Crippen molar-refractivity contribution in [1.29, 1.82) is 0 Å². The van der Waals surface area contributed by atoms with E-state index in [1.54, 1.807) is 6.07 Å². The first-order valence-electron chi connectivity index (χ1n) is 10.1. The van der Waals surface area contributed by atoms with Gasteiger partial charge in [-0.15, -0.1) is 0 Å². The molecule has 1 fully saturated rings. The van der Waals surface area contributed by atoms with Gasteiger partial charge in [-0.2, -0.15) is 13.9 Å². The molecule has 2 aliphatic heterocycles. The molecule has 0 bridgehead atoms. The van der Waals surface area contributed by atoms with Gasteiger partial charge in [0.2, 0.25) is 11.8 Å². The summed E-state index contributed by atoms with van der Waals surface area (Å²) in [6.07, 6.45) is 0.355. The molecule has 0 aliphatic carbocycles. The number of carbonyl (C=O) groups excluding carboxylic acids is 4. The maximum Gasteiger partial charge on any atom is 0.367 e. The van der Waals surface area contributed by atoms with Crippen molar-refractivity contribution in [2.45, 2.75) is 37.9 Å². The maximum absolute atomic E-state index is 14.5. The molecule has 0 saturated carbocycles. The molecule has 0 spiro atoms. The molecule has 10 nitrogen and oxygen atoms in total. The molecule has 1 aromatic carbocycles. The standard InChI is InChI=1S/C21H19F2N5O5/c1-27-17(30)7-5-15(26-27)21(22,23)20(33)24-9-11-2-3-13-12(8-11)10-28(19(13)32)14-4-6-16(29)25-18(14)31/h2-3,5,7-8,14H,4,6,9-10H2,1H3,(H,24,33)(H,25,29,31). The Morgan fingerprint density at radius 2 is 1.97 bits per heavy atom. The van der Waals surface area contributed by atoms with Crippen molar-refractivity contribution in [3.63, 3.8) is 0 Å². The van der Waals surface area contributed by atoms with Crippen LogP contribution in [0.2, 0.25) is 0 Å². The molecule has 1 unspecified atom stereocenters. The summed E-state index contributed by atoms with van der Waals surface area (Å²) in [6, 6.07) is 5.56. The Hall–Kier alpha value is -3.96. The highest BCUT2D eigenvalue weighted by Gasteiger charge is 2.43. The quantitative estimate of drug-likeness (QED) is 0.603. The molecular weight excluding hydrogens is 440 g/mol. The lowest BCUT2D eigenvalue weighted by Crippen LogP contribution is -2.52. The van der Waals surface area contributed by atoms with E-state index in [-0.39, 0.29) is 37.7 Å². The van der Waals surface area contributed by atoms with Crippen LogP contribution in [0.1, 0.15) is 40.0 Å². The van der Waals surface area contributed by atoms with Crippen LogP contribution in [0.3, 0.4) is 0 Å². The Labute approximate surface area is 185 Å². The van der Waals surface area contributed by atoms with Crippen LogP contribution in [0.4, 0.5) is 8.78 Å². The highest BCUT2D eigenvalue weighted by Crippen LogP contribution is 2.29. The fourth-order valence-corrected chi connectivity index (χ4v) is 3.82. The number of piperidine rings is 1. The van der Waals surface area contributed by atoms with E-state index in [9.17, 15) is 32.8 Å². The molecule has 2 N–H and O–H groups in total. The normalized spacial score (nSPS) is 18.2. The number of fused-ring (bicyclic) bond motifs is 1. The molecular formula is C21H19F2N5O5. The average molecular weight is 459 g/mol. The van der Waals surface area contributed by atoms with E-state index in [0.29, 0.717) is 21.4 Å². The molecule has 12 heteroatoms. The Morgan fingerprint density at radius 1 is 1.21 bits per heavy atom. The second kappa shape index (κ2) is 8.19. The van der Waals surface area contributed by atoms with Crippen LogP contribution in [0.5, 0.6) is 0 Å². The van der Waals surface area contributed by atoms with E-state index in [1.165, 1.54) is 24.1 Å². The number of nitrogens with one attached hydrogen (secondary N) is 2. The van der Waals surface area contributed by atoms with Crippen LogP contribution in [0, 0.1) is 0 Å². The monoisotopic (exact) mass is 459 g/mol. The minimum Gasteiger partial charge on any atom is -0.346 e. The van der Waals surface area contributed by atoms with Gasteiger partial charge in [-0.3, -0.25) is 29.3 Å². The van der Waals surface area contributed by atoms with Gasteiger partial charge in [-0.25, -0.2) is 4.68 Å². The first-order chi connectivity index (χ1) is 15.6. The predicted molar refractivity (Wildman–Crippen MR) is 108 cm³/mol.